The van der Waals surface area contributed by atoms with Crippen LogP contribution in [0.15, 0.2) is 36.9 Å². The zero-order valence-corrected chi connectivity index (χ0v) is 13.5. The molecule has 0 unspecified atom stereocenters. The Hall–Kier alpha value is -2.90. The minimum absolute atomic E-state index is 0.0144. The zero-order valence-electron chi connectivity index (χ0n) is 13.5. The molecular weight excluding hydrogens is 359 g/mol. The van der Waals surface area contributed by atoms with E-state index >= 15 is 0 Å². The van der Waals surface area contributed by atoms with Crippen molar-refractivity contribution in [2.24, 2.45) is 0 Å². The number of benzene rings is 2. The van der Waals surface area contributed by atoms with Gasteiger partial charge in [0.25, 0.3) is 0 Å². The molecule has 2 aromatic carbocycles. The molecule has 0 amide bonds. The van der Waals surface area contributed by atoms with Crippen LogP contribution in [0.4, 0.5) is 22.0 Å². The van der Waals surface area contributed by atoms with Gasteiger partial charge in [-0.15, -0.1) is 6.58 Å². The minimum Gasteiger partial charge on any atom is -0.497 e. The molecule has 0 spiro atoms. The lowest BCUT2D eigenvalue weighted by Gasteiger charge is -2.16. The van der Waals surface area contributed by atoms with Crippen LogP contribution in [0.3, 0.4) is 0 Å². The molecule has 1 atom stereocenters. The van der Waals surface area contributed by atoms with Gasteiger partial charge in [-0.1, -0.05) is 18.2 Å². The lowest BCUT2D eigenvalue weighted by Crippen LogP contribution is -2.20. The fourth-order valence-electron chi connectivity index (χ4n) is 2.22. The number of esters is 1. The number of hydrogen-bond donors (Lipinski definition) is 0. The van der Waals surface area contributed by atoms with Crippen LogP contribution in [0.1, 0.15) is 17.9 Å². The van der Waals surface area contributed by atoms with Crippen molar-refractivity contribution in [3.8, 4) is 11.5 Å². The summed E-state index contributed by atoms with van der Waals surface area (Å²) in [6.45, 7) is 3.47. The molecule has 3 nitrogen and oxygen atoms in total. The molecular formula is C18H13F5O3. The highest BCUT2D eigenvalue weighted by Gasteiger charge is 2.31. The first-order valence-corrected chi connectivity index (χ1v) is 7.29. The molecule has 0 saturated carbocycles. The first-order chi connectivity index (χ1) is 12.3. The van der Waals surface area contributed by atoms with E-state index < -0.39 is 46.7 Å². The second-order valence-electron chi connectivity index (χ2n) is 5.17. The Morgan fingerprint density at radius 1 is 1.00 bits per heavy atom. The molecule has 0 radical (unpaired) electrons. The van der Waals surface area contributed by atoms with Crippen molar-refractivity contribution in [1.82, 2.24) is 0 Å². The Bertz CT molecular complexity index is 805. The largest absolute Gasteiger partial charge is 0.497 e. The van der Waals surface area contributed by atoms with Gasteiger partial charge in [-0.05, 0) is 24.1 Å². The molecule has 0 aliphatic heterocycles. The summed E-state index contributed by atoms with van der Waals surface area (Å²) < 4.78 is 76.4. The average Bonchev–Trinajstić information content (AvgIpc) is 2.66. The lowest BCUT2D eigenvalue weighted by atomic mass is 9.96. The fraction of sp³-hybridized carbons (Fsp3) is 0.167. The van der Waals surface area contributed by atoms with Crippen LogP contribution in [0.25, 0.3) is 0 Å². The normalized spacial score (nSPS) is 11.8. The van der Waals surface area contributed by atoms with E-state index in [1.165, 1.54) is 37.5 Å². The molecule has 0 saturated heterocycles. The van der Waals surface area contributed by atoms with Crippen molar-refractivity contribution in [3.63, 3.8) is 0 Å². The monoisotopic (exact) mass is 372 g/mol. The smallest absolute Gasteiger partial charge is 0.319 e. The summed E-state index contributed by atoms with van der Waals surface area (Å²) in [7, 11) is 1.44. The zero-order chi connectivity index (χ0) is 19.4. The number of hydrogen-bond acceptors (Lipinski definition) is 3. The van der Waals surface area contributed by atoms with E-state index in [1.807, 2.05) is 0 Å². The molecule has 26 heavy (non-hydrogen) atoms. The molecule has 0 N–H and O–H groups in total. The molecule has 0 heterocycles. The summed E-state index contributed by atoms with van der Waals surface area (Å²) in [5, 5.41) is 0. The van der Waals surface area contributed by atoms with Gasteiger partial charge < -0.3 is 9.47 Å². The highest BCUT2D eigenvalue weighted by atomic mass is 19.2. The summed E-state index contributed by atoms with van der Waals surface area (Å²) in [6.07, 6.45) is 1.37. The van der Waals surface area contributed by atoms with E-state index in [1.54, 1.807) is 0 Å². The van der Waals surface area contributed by atoms with Crippen LogP contribution < -0.4 is 9.47 Å². The summed E-state index contributed by atoms with van der Waals surface area (Å²) in [6, 6.07) is 6.09. The number of methoxy groups -OCH3 is 1. The van der Waals surface area contributed by atoms with Gasteiger partial charge in [0.05, 0.1) is 13.0 Å². The highest BCUT2D eigenvalue weighted by molar-refractivity contribution is 5.80. The van der Waals surface area contributed by atoms with Crippen LogP contribution in [0.2, 0.25) is 0 Å². The van der Waals surface area contributed by atoms with Crippen molar-refractivity contribution in [3.05, 3.63) is 71.6 Å². The van der Waals surface area contributed by atoms with Crippen LogP contribution in [-0.2, 0) is 4.79 Å². The third-order valence-electron chi connectivity index (χ3n) is 3.58. The maximum atomic E-state index is 13.7. The number of carbonyl (C=O) groups is 1. The van der Waals surface area contributed by atoms with Gasteiger partial charge in [0.1, 0.15) is 5.75 Å². The number of carbonyl (C=O) groups excluding carboxylic acids is 1. The van der Waals surface area contributed by atoms with Crippen LogP contribution in [0, 0.1) is 29.1 Å². The molecule has 138 valence electrons. The van der Waals surface area contributed by atoms with Crippen LogP contribution in [0.5, 0.6) is 11.5 Å². The van der Waals surface area contributed by atoms with Crippen molar-refractivity contribution in [2.45, 2.75) is 12.3 Å². The predicted molar refractivity (Wildman–Crippen MR) is 82.4 cm³/mol. The Kier molecular flexibility index (Phi) is 5.97. The predicted octanol–water partition coefficient (Wildman–Crippen LogP) is 4.66. The summed E-state index contributed by atoms with van der Waals surface area (Å²) in [5.41, 5.74) is 0.388. The van der Waals surface area contributed by atoms with E-state index in [0.29, 0.717) is 11.3 Å². The summed E-state index contributed by atoms with van der Waals surface area (Å²) in [5.74, 6) is -14.6. The second kappa shape index (κ2) is 7.99. The van der Waals surface area contributed by atoms with Crippen LogP contribution in [-0.4, -0.2) is 13.1 Å². The maximum Gasteiger partial charge on any atom is 0.319 e. The quantitative estimate of drug-likeness (QED) is 0.185. The molecule has 0 aliphatic carbocycles. The van der Waals surface area contributed by atoms with E-state index in [2.05, 4.69) is 11.3 Å². The average molecular weight is 372 g/mol. The molecule has 8 heteroatoms. The maximum absolute atomic E-state index is 13.7. The Labute approximate surface area is 145 Å². The van der Waals surface area contributed by atoms with Crippen molar-refractivity contribution in [2.75, 3.05) is 7.11 Å². The van der Waals surface area contributed by atoms with E-state index in [4.69, 9.17) is 4.74 Å². The molecule has 0 aliphatic rings. The minimum atomic E-state index is -2.34. The summed E-state index contributed by atoms with van der Waals surface area (Å²) in [4.78, 5) is 12.3. The van der Waals surface area contributed by atoms with Gasteiger partial charge >= 0.3 is 5.97 Å². The van der Waals surface area contributed by atoms with Gasteiger partial charge in [0, 0.05) is 0 Å². The van der Waals surface area contributed by atoms with Gasteiger partial charge in [-0.2, -0.15) is 8.78 Å². The number of rotatable bonds is 6. The number of allylic oxidation sites excluding steroid dienone is 1. The van der Waals surface area contributed by atoms with E-state index in [0.717, 1.165) is 0 Å². The number of halogens is 5. The fourth-order valence-corrected chi connectivity index (χ4v) is 2.22. The van der Waals surface area contributed by atoms with Gasteiger partial charge in [0.15, 0.2) is 0 Å². The molecule has 2 aromatic rings. The molecule has 0 fully saturated rings. The van der Waals surface area contributed by atoms with Crippen molar-refractivity contribution >= 4 is 5.97 Å². The first kappa shape index (κ1) is 19.4. The molecule has 0 bridgehead atoms. The van der Waals surface area contributed by atoms with Gasteiger partial charge in [0.2, 0.25) is 34.8 Å². The number of ether oxygens (including phenoxy) is 2. The highest BCUT2D eigenvalue weighted by Crippen LogP contribution is 2.31. The molecule has 0 aromatic heterocycles. The SMILES string of the molecule is C=CC[C@@H](C(=O)Oc1c(F)c(F)c(F)c(F)c1F)c1ccc(OC)cc1. The standard InChI is InChI=1S/C18H13F5O3/c1-3-4-11(9-5-7-10(25-2)8-6-9)18(24)26-17-15(22)13(20)12(19)14(21)16(17)23/h3,5-8,11H,1,4H2,2H3/t11-/m1/s1. The molecule has 2 rings (SSSR count). The Balaban J connectivity index is 2.38. The van der Waals surface area contributed by atoms with E-state index in [9.17, 15) is 26.7 Å². The lowest BCUT2D eigenvalue weighted by molar-refractivity contribution is -0.136. The summed E-state index contributed by atoms with van der Waals surface area (Å²) >= 11 is 0. The Morgan fingerprint density at radius 3 is 1.96 bits per heavy atom. The van der Waals surface area contributed by atoms with Crippen molar-refractivity contribution < 1.29 is 36.2 Å². The third kappa shape index (κ3) is 3.68. The van der Waals surface area contributed by atoms with Gasteiger partial charge in [-0.25, -0.2) is 13.2 Å². The van der Waals surface area contributed by atoms with E-state index in [-0.39, 0.29) is 6.42 Å². The second-order valence-corrected chi connectivity index (χ2v) is 5.17. The van der Waals surface area contributed by atoms with Crippen molar-refractivity contribution in [1.29, 1.82) is 0 Å². The third-order valence-corrected chi connectivity index (χ3v) is 3.58. The van der Waals surface area contributed by atoms with Gasteiger partial charge in [-0.3, -0.25) is 4.79 Å². The first-order valence-electron chi connectivity index (χ1n) is 7.29. The topological polar surface area (TPSA) is 35.5 Å². The van der Waals surface area contributed by atoms with Crippen LogP contribution >= 0.6 is 0 Å². The Morgan fingerprint density at radius 2 is 1.50 bits per heavy atom.